The second kappa shape index (κ2) is 4.72. The van der Waals surface area contributed by atoms with Gasteiger partial charge in [0, 0.05) is 24.5 Å². The van der Waals surface area contributed by atoms with Gasteiger partial charge in [0.2, 0.25) is 0 Å². The van der Waals surface area contributed by atoms with E-state index in [0.717, 1.165) is 11.4 Å². The average Bonchev–Trinajstić information content (AvgIpc) is 2.76. The lowest BCUT2D eigenvalue weighted by Crippen LogP contribution is -2.17. The van der Waals surface area contributed by atoms with E-state index in [1.54, 1.807) is 9.34 Å². The molecule has 1 heterocycles. The summed E-state index contributed by atoms with van der Waals surface area (Å²) in [5.74, 6) is 0. The van der Waals surface area contributed by atoms with E-state index in [9.17, 15) is 9.46 Å². The maximum absolute atomic E-state index is 12.7. The lowest BCUT2D eigenvalue weighted by Gasteiger charge is -2.27. The van der Waals surface area contributed by atoms with Crippen molar-refractivity contribution in [1.82, 2.24) is 0 Å². The molecule has 0 saturated carbocycles. The highest BCUT2D eigenvalue weighted by Gasteiger charge is 2.41. The molecule has 98 valence electrons. The Balaban J connectivity index is 1.95. The fraction of sp³-hybridized carbons (Fsp3) is 0.143. The summed E-state index contributed by atoms with van der Waals surface area (Å²) in [6.07, 6.45) is 0. The second-order valence-corrected chi connectivity index (χ2v) is 6.42. The maximum atomic E-state index is 12.7. The Morgan fingerprint density at radius 3 is 1.53 bits per heavy atom. The molecule has 0 aromatic heterocycles. The molecule has 2 aromatic rings. The Hall–Kier alpha value is -1.77. The van der Waals surface area contributed by atoms with Crippen LogP contribution in [-0.4, -0.2) is 18.0 Å². The third kappa shape index (κ3) is 2.14. The molecule has 1 aliphatic rings. The van der Waals surface area contributed by atoms with Crippen molar-refractivity contribution < 1.29 is 9.46 Å². The first-order chi connectivity index (χ1) is 9.19. The summed E-state index contributed by atoms with van der Waals surface area (Å²) in [7, 11) is -3.54. The molecule has 1 saturated heterocycles. The predicted octanol–water partition coefficient (Wildman–Crippen LogP) is 3.11. The number of rotatable bonds is 2. The van der Waals surface area contributed by atoms with E-state index in [0.29, 0.717) is 13.1 Å². The normalized spacial score (nSPS) is 17.7. The number of hydrogen-bond acceptors (Lipinski definition) is 1. The van der Waals surface area contributed by atoms with E-state index >= 15 is 0 Å². The highest BCUT2D eigenvalue weighted by molar-refractivity contribution is 7.61. The van der Waals surface area contributed by atoms with Crippen molar-refractivity contribution in [2.75, 3.05) is 22.4 Å². The molecular formula is C14H15N2O2P. The van der Waals surface area contributed by atoms with Crippen molar-refractivity contribution in [2.24, 2.45) is 0 Å². The largest absolute Gasteiger partial charge is 0.394 e. The standard InChI is InChI=1S/C14H15N2O2P/c17-19(18)15(13-7-3-1-4-8-13)11-12-16(19)14-9-5-2-6-10-14/h1-10H,11-12H2,(H,17,18). The van der Waals surface area contributed by atoms with E-state index in [1.807, 2.05) is 60.7 Å². The maximum Gasteiger partial charge on any atom is 0.394 e. The molecule has 0 spiro atoms. The topological polar surface area (TPSA) is 43.8 Å². The van der Waals surface area contributed by atoms with Crippen LogP contribution in [0.3, 0.4) is 0 Å². The van der Waals surface area contributed by atoms with Crippen LogP contribution in [0.5, 0.6) is 0 Å². The summed E-state index contributed by atoms with van der Waals surface area (Å²) in [5, 5.41) is 0. The van der Waals surface area contributed by atoms with Gasteiger partial charge in [0.1, 0.15) is 0 Å². The van der Waals surface area contributed by atoms with Gasteiger partial charge in [-0.1, -0.05) is 36.4 Å². The van der Waals surface area contributed by atoms with Gasteiger partial charge in [0.05, 0.1) is 0 Å². The van der Waals surface area contributed by atoms with Gasteiger partial charge < -0.3 is 4.89 Å². The molecule has 3 rings (SSSR count). The molecule has 0 amide bonds. The van der Waals surface area contributed by atoms with Crippen molar-refractivity contribution in [2.45, 2.75) is 0 Å². The summed E-state index contributed by atoms with van der Waals surface area (Å²) in [6.45, 7) is 1.10. The van der Waals surface area contributed by atoms with E-state index in [4.69, 9.17) is 0 Å². The second-order valence-electron chi connectivity index (χ2n) is 4.43. The molecule has 0 bridgehead atoms. The average molecular weight is 274 g/mol. The van der Waals surface area contributed by atoms with Crippen LogP contribution in [0.15, 0.2) is 60.7 Å². The van der Waals surface area contributed by atoms with Crippen LogP contribution in [-0.2, 0) is 4.57 Å². The molecular weight excluding hydrogens is 259 g/mol. The van der Waals surface area contributed by atoms with Gasteiger partial charge in [-0.15, -0.1) is 0 Å². The van der Waals surface area contributed by atoms with E-state index in [-0.39, 0.29) is 0 Å². The van der Waals surface area contributed by atoms with Crippen LogP contribution >= 0.6 is 7.67 Å². The van der Waals surface area contributed by atoms with E-state index in [2.05, 4.69) is 0 Å². The number of hydrogen-bond donors (Lipinski definition) is 1. The van der Waals surface area contributed by atoms with Gasteiger partial charge in [-0.3, -0.25) is 9.34 Å². The van der Waals surface area contributed by atoms with Crippen LogP contribution in [0, 0.1) is 0 Å². The van der Waals surface area contributed by atoms with Crippen LogP contribution in [0.2, 0.25) is 0 Å². The predicted molar refractivity (Wildman–Crippen MR) is 77.4 cm³/mol. The first kappa shape index (κ1) is 12.3. The van der Waals surface area contributed by atoms with Crippen molar-refractivity contribution in [3.63, 3.8) is 0 Å². The SMILES string of the molecule is O=P1(O)N(c2ccccc2)CCN1c1ccccc1. The minimum atomic E-state index is -3.54. The van der Waals surface area contributed by atoms with Crippen LogP contribution in [0.25, 0.3) is 0 Å². The zero-order valence-corrected chi connectivity index (χ0v) is 11.3. The zero-order chi connectivity index (χ0) is 13.3. The summed E-state index contributed by atoms with van der Waals surface area (Å²) in [5.41, 5.74) is 1.57. The minimum absolute atomic E-state index is 0.548. The zero-order valence-electron chi connectivity index (χ0n) is 10.4. The molecule has 19 heavy (non-hydrogen) atoms. The van der Waals surface area contributed by atoms with Crippen molar-refractivity contribution in [1.29, 1.82) is 0 Å². The lowest BCUT2D eigenvalue weighted by atomic mass is 10.3. The molecule has 1 N–H and O–H groups in total. The van der Waals surface area contributed by atoms with Crippen LogP contribution in [0.1, 0.15) is 0 Å². The van der Waals surface area contributed by atoms with E-state index in [1.165, 1.54) is 0 Å². The third-order valence-electron chi connectivity index (χ3n) is 3.26. The Labute approximate surface area is 112 Å². The van der Waals surface area contributed by atoms with Crippen molar-refractivity contribution in [3.8, 4) is 0 Å². The van der Waals surface area contributed by atoms with Gasteiger partial charge in [0.25, 0.3) is 0 Å². The number of benzene rings is 2. The Bertz CT molecular complexity index is 552. The number of para-hydroxylation sites is 2. The van der Waals surface area contributed by atoms with Gasteiger partial charge in [-0.2, -0.15) is 0 Å². The first-order valence-corrected chi connectivity index (χ1v) is 7.75. The molecule has 0 unspecified atom stereocenters. The summed E-state index contributed by atoms with van der Waals surface area (Å²) >= 11 is 0. The molecule has 0 atom stereocenters. The molecule has 0 radical (unpaired) electrons. The third-order valence-corrected chi connectivity index (χ3v) is 5.38. The highest BCUT2D eigenvalue weighted by atomic mass is 31.2. The molecule has 5 heteroatoms. The number of anilines is 2. The Morgan fingerprint density at radius 2 is 1.16 bits per heavy atom. The monoisotopic (exact) mass is 274 g/mol. The Kier molecular flexibility index (Phi) is 3.05. The molecule has 1 aliphatic heterocycles. The highest BCUT2D eigenvalue weighted by Crippen LogP contribution is 2.56. The van der Waals surface area contributed by atoms with Crippen LogP contribution in [0.4, 0.5) is 11.4 Å². The van der Waals surface area contributed by atoms with Crippen molar-refractivity contribution >= 4 is 19.0 Å². The first-order valence-electron chi connectivity index (χ1n) is 6.18. The van der Waals surface area contributed by atoms with Gasteiger partial charge in [-0.25, -0.2) is 4.57 Å². The summed E-state index contributed by atoms with van der Waals surface area (Å²) in [6, 6.07) is 18.7. The minimum Gasteiger partial charge on any atom is -0.313 e. The van der Waals surface area contributed by atoms with Gasteiger partial charge >= 0.3 is 7.67 Å². The number of nitrogens with zero attached hydrogens (tertiary/aromatic N) is 2. The fourth-order valence-corrected chi connectivity index (χ4v) is 4.17. The van der Waals surface area contributed by atoms with Gasteiger partial charge in [0.15, 0.2) is 0 Å². The molecule has 4 nitrogen and oxygen atoms in total. The lowest BCUT2D eigenvalue weighted by molar-refractivity contribution is 0.479. The molecule has 0 aliphatic carbocycles. The van der Waals surface area contributed by atoms with Gasteiger partial charge in [-0.05, 0) is 24.3 Å². The molecule has 2 aromatic carbocycles. The quantitative estimate of drug-likeness (QED) is 0.854. The smallest absolute Gasteiger partial charge is 0.313 e. The van der Waals surface area contributed by atoms with E-state index < -0.39 is 7.67 Å². The molecule has 1 fully saturated rings. The fourth-order valence-electron chi connectivity index (χ4n) is 2.34. The Morgan fingerprint density at radius 1 is 0.789 bits per heavy atom. The van der Waals surface area contributed by atoms with Crippen molar-refractivity contribution in [3.05, 3.63) is 60.7 Å². The summed E-state index contributed by atoms with van der Waals surface area (Å²) in [4.78, 5) is 10.4. The summed E-state index contributed by atoms with van der Waals surface area (Å²) < 4.78 is 15.9. The van der Waals surface area contributed by atoms with Crippen LogP contribution < -0.4 is 9.34 Å².